The van der Waals surface area contributed by atoms with Crippen molar-refractivity contribution in [1.29, 1.82) is 0 Å². The van der Waals surface area contributed by atoms with E-state index in [0.29, 0.717) is 30.3 Å². The Bertz CT molecular complexity index is 600. The van der Waals surface area contributed by atoms with Crippen molar-refractivity contribution < 1.29 is 9.59 Å². The first kappa shape index (κ1) is 16.3. The quantitative estimate of drug-likeness (QED) is 0.899. The Hall–Kier alpha value is -1.55. The van der Waals surface area contributed by atoms with Crippen molar-refractivity contribution in [3.8, 4) is 0 Å². The lowest BCUT2D eigenvalue weighted by molar-refractivity contribution is -0.143. The molecule has 1 saturated heterocycles. The van der Waals surface area contributed by atoms with Gasteiger partial charge in [0.2, 0.25) is 11.8 Å². The number of rotatable bonds is 5. The van der Waals surface area contributed by atoms with E-state index in [1.807, 2.05) is 36.1 Å². The van der Waals surface area contributed by atoms with Gasteiger partial charge in [-0.05, 0) is 49.8 Å². The summed E-state index contributed by atoms with van der Waals surface area (Å²) in [4.78, 5) is 26.8. The number of hydrogen-bond donors (Lipinski definition) is 1. The molecular formula is C18H23ClN2O2. The predicted octanol–water partition coefficient (Wildman–Crippen LogP) is 3.17. The third-order valence-corrected chi connectivity index (χ3v) is 5.07. The summed E-state index contributed by atoms with van der Waals surface area (Å²) in [5.41, 5.74) is 0.943. The van der Waals surface area contributed by atoms with Gasteiger partial charge in [0.05, 0.1) is 12.0 Å². The van der Waals surface area contributed by atoms with Crippen molar-refractivity contribution in [3.63, 3.8) is 0 Å². The first-order valence-electron chi connectivity index (χ1n) is 8.42. The molecule has 0 aromatic heterocycles. The zero-order chi connectivity index (χ0) is 16.4. The van der Waals surface area contributed by atoms with Gasteiger partial charge in [-0.2, -0.15) is 0 Å². The van der Waals surface area contributed by atoms with Gasteiger partial charge in [-0.15, -0.1) is 0 Å². The molecule has 3 rings (SSSR count). The van der Waals surface area contributed by atoms with Gasteiger partial charge in [0.1, 0.15) is 0 Å². The fourth-order valence-electron chi connectivity index (χ4n) is 3.40. The Labute approximate surface area is 142 Å². The van der Waals surface area contributed by atoms with Crippen LogP contribution in [0.3, 0.4) is 0 Å². The first-order chi connectivity index (χ1) is 11.1. The molecule has 2 fully saturated rings. The van der Waals surface area contributed by atoms with Gasteiger partial charge in [-0.3, -0.25) is 9.59 Å². The van der Waals surface area contributed by atoms with Gasteiger partial charge in [-0.1, -0.05) is 23.7 Å². The number of likely N-dealkylation sites (tertiary alicyclic amines) is 1. The van der Waals surface area contributed by atoms with E-state index in [9.17, 15) is 9.59 Å². The smallest absolute Gasteiger partial charge is 0.225 e. The molecule has 4 nitrogen and oxygen atoms in total. The number of nitrogens with one attached hydrogen (secondary N) is 1. The molecule has 1 heterocycles. The molecule has 2 atom stereocenters. The SMILES string of the molecule is CCN1C(=O)CC[C@@H](C(=O)NCC2CC2)[C@@H]1c1cccc(Cl)c1. The van der Waals surface area contributed by atoms with E-state index in [2.05, 4.69) is 5.32 Å². The highest BCUT2D eigenvalue weighted by atomic mass is 35.5. The Morgan fingerprint density at radius 3 is 2.78 bits per heavy atom. The molecule has 0 spiro atoms. The van der Waals surface area contributed by atoms with Gasteiger partial charge in [0.15, 0.2) is 0 Å². The largest absolute Gasteiger partial charge is 0.356 e. The Morgan fingerprint density at radius 1 is 1.35 bits per heavy atom. The van der Waals surface area contributed by atoms with Crippen molar-refractivity contribution in [2.75, 3.05) is 13.1 Å². The summed E-state index contributed by atoms with van der Waals surface area (Å²) in [6, 6.07) is 7.30. The third kappa shape index (κ3) is 3.69. The Balaban J connectivity index is 1.85. The molecule has 1 aliphatic heterocycles. The maximum atomic E-state index is 12.7. The van der Waals surface area contributed by atoms with Crippen LogP contribution in [0.2, 0.25) is 5.02 Å². The van der Waals surface area contributed by atoms with Gasteiger partial charge in [-0.25, -0.2) is 0 Å². The number of piperidine rings is 1. The molecule has 2 aliphatic rings. The minimum atomic E-state index is -0.223. The van der Waals surface area contributed by atoms with Crippen molar-refractivity contribution in [3.05, 3.63) is 34.9 Å². The first-order valence-corrected chi connectivity index (χ1v) is 8.80. The lowest BCUT2D eigenvalue weighted by Gasteiger charge is -2.40. The summed E-state index contributed by atoms with van der Waals surface area (Å²) in [6.07, 6.45) is 3.46. The maximum absolute atomic E-state index is 12.7. The number of hydrogen-bond acceptors (Lipinski definition) is 2. The number of benzene rings is 1. The fraction of sp³-hybridized carbons (Fsp3) is 0.556. The number of halogens is 1. The average Bonchev–Trinajstić information content (AvgIpc) is 3.36. The highest BCUT2D eigenvalue weighted by Gasteiger charge is 2.40. The normalized spacial score (nSPS) is 24.6. The lowest BCUT2D eigenvalue weighted by atomic mass is 9.83. The van der Waals surface area contributed by atoms with Crippen LogP contribution < -0.4 is 5.32 Å². The van der Waals surface area contributed by atoms with Crippen LogP contribution in [0.15, 0.2) is 24.3 Å². The summed E-state index contributed by atoms with van der Waals surface area (Å²) in [5.74, 6) is 0.623. The van der Waals surface area contributed by atoms with Crippen LogP contribution in [0, 0.1) is 11.8 Å². The lowest BCUT2D eigenvalue weighted by Crippen LogP contribution is -2.48. The monoisotopic (exact) mass is 334 g/mol. The zero-order valence-electron chi connectivity index (χ0n) is 13.4. The van der Waals surface area contributed by atoms with Crippen LogP contribution in [0.4, 0.5) is 0 Å². The molecular weight excluding hydrogens is 312 g/mol. The van der Waals surface area contributed by atoms with Gasteiger partial charge in [0, 0.05) is 24.5 Å². The number of amides is 2. The van der Waals surface area contributed by atoms with E-state index in [1.165, 1.54) is 12.8 Å². The van der Waals surface area contributed by atoms with Crippen LogP contribution >= 0.6 is 11.6 Å². The van der Waals surface area contributed by atoms with Gasteiger partial charge < -0.3 is 10.2 Å². The second kappa shape index (κ2) is 6.91. The summed E-state index contributed by atoms with van der Waals surface area (Å²) in [5, 5.41) is 3.71. The second-order valence-corrected chi connectivity index (χ2v) is 6.95. The number of carbonyl (C=O) groups is 2. The second-order valence-electron chi connectivity index (χ2n) is 6.51. The molecule has 1 N–H and O–H groups in total. The fourth-order valence-corrected chi connectivity index (χ4v) is 3.60. The van der Waals surface area contributed by atoms with Crippen LogP contribution in [-0.2, 0) is 9.59 Å². The van der Waals surface area contributed by atoms with Crippen molar-refractivity contribution in [2.24, 2.45) is 11.8 Å². The van der Waals surface area contributed by atoms with Crippen LogP contribution in [0.25, 0.3) is 0 Å². The Morgan fingerprint density at radius 2 is 2.13 bits per heavy atom. The van der Waals surface area contributed by atoms with E-state index in [-0.39, 0.29) is 23.8 Å². The predicted molar refractivity (Wildman–Crippen MR) is 90.0 cm³/mol. The van der Waals surface area contributed by atoms with Crippen molar-refractivity contribution in [2.45, 2.75) is 38.6 Å². The molecule has 1 saturated carbocycles. The minimum Gasteiger partial charge on any atom is -0.356 e. The molecule has 1 aromatic rings. The van der Waals surface area contributed by atoms with Crippen LogP contribution in [-0.4, -0.2) is 29.8 Å². The van der Waals surface area contributed by atoms with E-state index in [0.717, 1.165) is 12.1 Å². The standard InChI is InChI=1S/C18H23ClN2O2/c1-2-21-16(22)9-8-15(18(23)20-11-12-6-7-12)17(21)13-4-3-5-14(19)10-13/h3-5,10,12,15,17H,2,6-9,11H2,1H3,(H,20,23)/t15-,17+/m1/s1. The van der Waals surface area contributed by atoms with Crippen LogP contribution in [0.1, 0.15) is 44.2 Å². The number of carbonyl (C=O) groups excluding carboxylic acids is 2. The summed E-state index contributed by atoms with van der Waals surface area (Å²) < 4.78 is 0. The number of nitrogens with zero attached hydrogens (tertiary/aromatic N) is 1. The summed E-state index contributed by atoms with van der Waals surface area (Å²) >= 11 is 6.13. The van der Waals surface area contributed by atoms with E-state index in [4.69, 9.17) is 11.6 Å². The molecule has 124 valence electrons. The topological polar surface area (TPSA) is 49.4 Å². The molecule has 5 heteroatoms. The van der Waals surface area contributed by atoms with E-state index >= 15 is 0 Å². The summed E-state index contributed by atoms with van der Waals surface area (Å²) in [7, 11) is 0. The molecule has 1 aromatic carbocycles. The molecule has 0 radical (unpaired) electrons. The van der Waals surface area contributed by atoms with E-state index < -0.39 is 0 Å². The van der Waals surface area contributed by atoms with Gasteiger partial charge >= 0.3 is 0 Å². The maximum Gasteiger partial charge on any atom is 0.225 e. The van der Waals surface area contributed by atoms with E-state index in [1.54, 1.807) is 0 Å². The Kier molecular flexibility index (Phi) is 4.90. The van der Waals surface area contributed by atoms with Crippen molar-refractivity contribution in [1.82, 2.24) is 10.2 Å². The highest BCUT2D eigenvalue weighted by molar-refractivity contribution is 6.30. The van der Waals surface area contributed by atoms with Gasteiger partial charge in [0.25, 0.3) is 0 Å². The molecule has 2 amide bonds. The molecule has 1 aliphatic carbocycles. The average molecular weight is 335 g/mol. The molecule has 0 unspecified atom stereocenters. The van der Waals surface area contributed by atoms with Crippen molar-refractivity contribution >= 4 is 23.4 Å². The third-order valence-electron chi connectivity index (χ3n) is 4.84. The summed E-state index contributed by atoms with van der Waals surface area (Å²) in [6.45, 7) is 3.32. The molecule has 0 bridgehead atoms. The minimum absolute atomic E-state index is 0.0628. The highest BCUT2D eigenvalue weighted by Crippen LogP contribution is 2.37. The molecule has 23 heavy (non-hydrogen) atoms. The van der Waals surface area contributed by atoms with Crippen LogP contribution in [0.5, 0.6) is 0 Å². The zero-order valence-corrected chi connectivity index (χ0v) is 14.2.